The number of carbonyl (C=O) groups is 1. The summed E-state index contributed by atoms with van der Waals surface area (Å²) in [5.74, 6) is 3.57. The van der Waals surface area contributed by atoms with Crippen LogP contribution < -0.4 is 4.72 Å². The highest BCUT2D eigenvalue weighted by molar-refractivity contribution is 7.93. The van der Waals surface area contributed by atoms with Crippen molar-refractivity contribution in [3.8, 4) is 11.8 Å². The van der Waals surface area contributed by atoms with Crippen molar-refractivity contribution in [2.45, 2.75) is 0 Å². The largest absolute Gasteiger partial charge is 0.468 e. The van der Waals surface area contributed by atoms with Gasteiger partial charge < -0.3 is 9.84 Å². The number of hydrogen-bond donors (Lipinski definition) is 2. The number of aliphatic hydroxyl groups is 1. The van der Waals surface area contributed by atoms with Crippen LogP contribution in [-0.4, -0.2) is 39.0 Å². The van der Waals surface area contributed by atoms with Gasteiger partial charge in [0.2, 0.25) is 10.0 Å². The number of hydrogen-bond acceptors (Lipinski definition) is 5. The maximum Gasteiger partial charge on any atom is 0.322 e. The molecule has 0 atom stereocenters. The Morgan fingerprint density at radius 1 is 1.37 bits per heavy atom. The minimum Gasteiger partial charge on any atom is -0.468 e. The van der Waals surface area contributed by atoms with Gasteiger partial charge in [-0.2, -0.15) is 0 Å². The monoisotopic (exact) mass is 283 g/mol. The fourth-order valence-electron chi connectivity index (χ4n) is 1.19. The molecule has 7 heteroatoms. The van der Waals surface area contributed by atoms with E-state index < -0.39 is 21.7 Å². The first kappa shape index (κ1) is 15.0. The van der Waals surface area contributed by atoms with Crippen molar-refractivity contribution in [2.75, 3.05) is 24.2 Å². The van der Waals surface area contributed by atoms with Crippen LogP contribution in [0.2, 0.25) is 0 Å². The molecule has 0 heterocycles. The molecule has 0 saturated carbocycles. The van der Waals surface area contributed by atoms with Crippen molar-refractivity contribution in [1.29, 1.82) is 0 Å². The zero-order valence-corrected chi connectivity index (χ0v) is 11.0. The van der Waals surface area contributed by atoms with Gasteiger partial charge in [0.1, 0.15) is 6.61 Å². The zero-order valence-electron chi connectivity index (χ0n) is 10.2. The van der Waals surface area contributed by atoms with Gasteiger partial charge in [-0.15, -0.1) is 0 Å². The smallest absolute Gasteiger partial charge is 0.322 e. The number of benzene rings is 1. The first-order chi connectivity index (χ1) is 8.96. The fourth-order valence-corrected chi connectivity index (χ4v) is 2.19. The first-order valence-corrected chi connectivity index (χ1v) is 6.89. The van der Waals surface area contributed by atoms with Crippen LogP contribution in [-0.2, 0) is 19.6 Å². The average Bonchev–Trinajstić information content (AvgIpc) is 2.37. The summed E-state index contributed by atoms with van der Waals surface area (Å²) in [5, 5.41) is 8.53. The maximum absolute atomic E-state index is 11.6. The predicted octanol–water partition coefficient (Wildman–Crippen LogP) is -0.0549. The number of anilines is 1. The summed E-state index contributed by atoms with van der Waals surface area (Å²) in [4.78, 5) is 10.9. The van der Waals surface area contributed by atoms with Crippen molar-refractivity contribution < 1.29 is 23.1 Å². The van der Waals surface area contributed by atoms with E-state index in [0.29, 0.717) is 11.3 Å². The number of rotatable bonds is 4. The number of ether oxygens (including phenoxy) is 1. The Hall–Kier alpha value is -2.04. The van der Waals surface area contributed by atoms with Gasteiger partial charge in [-0.3, -0.25) is 9.52 Å². The normalized spacial score (nSPS) is 10.2. The van der Waals surface area contributed by atoms with Crippen LogP contribution in [0.25, 0.3) is 0 Å². The highest BCUT2D eigenvalue weighted by atomic mass is 32.2. The zero-order chi connectivity index (χ0) is 14.3. The second-order valence-corrected chi connectivity index (χ2v) is 5.20. The lowest BCUT2D eigenvalue weighted by atomic mass is 10.2. The third kappa shape index (κ3) is 5.42. The van der Waals surface area contributed by atoms with E-state index in [2.05, 4.69) is 21.3 Å². The lowest BCUT2D eigenvalue weighted by Gasteiger charge is -2.06. The third-order valence-corrected chi connectivity index (χ3v) is 3.17. The Labute approximate surface area is 111 Å². The molecule has 0 aromatic heterocycles. The minimum absolute atomic E-state index is 0.243. The number of carbonyl (C=O) groups excluding carboxylic acids is 1. The van der Waals surface area contributed by atoms with Crippen LogP contribution in [0.15, 0.2) is 24.3 Å². The van der Waals surface area contributed by atoms with Crippen LogP contribution in [0.5, 0.6) is 0 Å². The number of nitrogens with one attached hydrogen (secondary N) is 1. The van der Waals surface area contributed by atoms with Gasteiger partial charge in [-0.05, 0) is 24.3 Å². The Balaban J connectivity index is 2.75. The first-order valence-electron chi connectivity index (χ1n) is 5.24. The maximum atomic E-state index is 11.6. The van der Waals surface area contributed by atoms with Gasteiger partial charge in [-0.25, -0.2) is 8.42 Å². The molecule has 0 aliphatic rings. The van der Waals surface area contributed by atoms with Crippen molar-refractivity contribution in [3.05, 3.63) is 29.8 Å². The molecule has 0 spiro atoms. The summed E-state index contributed by atoms with van der Waals surface area (Å²) < 4.78 is 29.6. The van der Waals surface area contributed by atoms with Gasteiger partial charge in [0.05, 0.1) is 7.11 Å². The molecule has 1 aromatic carbocycles. The Bertz CT molecular complexity index is 595. The molecule has 0 unspecified atom stereocenters. The van der Waals surface area contributed by atoms with Crippen molar-refractivity contribution in [2.24, 2.45) is 0 Å². The summed E-state index contributed by atoms with van der Waals surface area (Å²) in [5.41, 5.74) is 0.961. The Morgan fingerprint density at radius 3 is 2.53 bits per heavy atom. The quantitative estimate of drug-likeness (QED) is 0.597. The van der Waals surface area contributed by atoms with Gasteiger partial charge in [0.25, 0.3) is 0 Å². The molecule has 1 rings (SSSR count). The number of aliphatic hydroxyl groups excluding tert-OH is 1. The second kappa shape index (κ2) is 6.78. The van der Waals surface area contributed by atoms with Gasteiger partial charge in [-0.1, -0.05) is 11.8 Å². The molecule has 0 aliphatic carbocycles. The lowest BCUT2D eigenvalue weighted by Crippen LogP contribution is -2.23. The molecule has 0 radical (unpaired) electrons. The number of methoxy groups -OCH3 is 1. The summed E-state index contributed by atoms with van der Waals surface area (Å²) in [6.07, 6.45) is 0. The van der Waals surface area contributed by atoms with E-state index in [9.17, 15) is 13.2 Å². The minimum atomic E-state index is -3.78. The molecular formula is C12H13NO5S. The van der Waals surface area contributed by atoms with E-state index in [1.165, 1.54) is 12.1 Å². The standard InChI is InChI=1S/C12H13NO5S/c1-18-12(15)9-19(16,17)13-11-6-4-10(5-7-11)3-2-8-14/h4-7,13-14H,8-9H2,1H3. The summed E-state index contributed by atoms with van der Waals surface area (Å²) in [7, 11) is -2.66. The lowest BCUT2D eigenvalue weighted by molar-refractivity contribution is -0.137. The molecule has 6 nitrogen and oxygen atoms in total. The highest BCUT2D eigenvalue weighted by Gasteiger charge is 2.16. The topological polar surface area (TPSA) is 92.7 Å². The SMILES string of the molecule is COC(=O)CS(=O)(=O)Nc1ccc(C#CCO)cc1. The van der Waals surface area contributed by atoms with Gasteiger partial charge in [0.15, 0.2) is 5.75 Å². The molecule has 2 N–H and O–H groups in total. The number of sulfonamides is 1. The molecule has 0 saturated heterocycles. The van der Waals surface area contributed by atoms with E-state index in [1.807, 2.05) is 0 Å². The third-order valence-electron chi connectivity index (χ3n) is 2.01. The van der Waals surface area contributed by atoms with Gasteiger partial charge in [0, 0.05) is 11.3 Å². The van der Waals surface area contributed by atoms with E-state index in [0.717, 1.165) is 7.11 Å². The highest BCUT2D eigenvalue weighted by Crippen LogP contribution is 2.11. The van der Waals surface area contributed by atoms with E-state index >= 15 is 0 Å². The average molecular weight is 283 g/mol. The van der Waals surface area contributed by atoms with Crippen molar-refractivity contribution in [1.82, 2.24) is 0 Å². The molecule has 0 bridgehead atoms. The van der Waals surface area contributed by atoms with Crippen molar-refractivity contribution in [3.63, 3.8) is 0 Å². The molecule has 0 fully saturated rings. The summed E-state index contributed by atoms with van der Waals surface area (Å²) >= 11 is 0. The molecule has 1 aromatic rings. The molecular weight excluding hydrogens is 270 g/mol. The van der Waals surface area contributed by atoms with Gasteiger partial charge >= 0.3 is 5.97 Å². The van der Waals surface area contributed by atoms with Crippen molar-refractivity contribution >= 4 is 21.7 Å². The second-order valence-electron chi connectivity index (χ2n) is 3.47. The molecule has 0 amide bonds. The summed E-state index contributed by atoms with van der Waals surface area (Å²) in [6, 6.07) is 6.21. The van der Waals surface area contributed by atoms with E-state index in [1.54, 1.807) is 12.1 Å². The van der Waals surface area contributed by atoms with Crippen LogP contribution in [0.1, 0.15) is 5.56 Å². The Kier molecular flexibility index (Phi) is 5.36. The summed E-state index contributed by atoms with van der Waals surface area (Å²) in [6.45, 7) is -0.243. The molecule has 102 valence electrons. The van der Waals surface area contributed by atoms with Crippen LogP contribution in [0, 0.1) is 11.8 Å². The molecule has 0 aliphatic heterocycles. The number of esters is 1. The van der Waals surface area contributed by atoms with Crippen LogP contribution in [0.4, 0.5) is 5.69 Å². The Morgan fingerprint density at radius 2 is 2.00 bits per heavy atom. The molecule has 19 heavy (non-hydrogen) atoms. The van der Waals surface area contributed by atoms with Crippen LogP contribution >= 0.6 is 0 Å². The fraction of sp³-hybridized carbons (Fsp3) is 0.250. The van der Waals surface area contributed by atoms with Crippen LogP contribution in [0.3, 0.4) is 0 Å². The van der Waals surface area contributed by atoms with E-state index in [-0.39, 0.29) is 6.61 Å². The predicted molar refractivity (Wildman–Crippen MR) is 69.8 cm³/mol. The van der Waals surface area contributed by atoms with E-state index in [4.69, 9.17) is 5.11 Å².